The van der Waals surface area contributed by atoms with Crippen molar-refractivity contribution in [1.82, 2.24) is 10.3 Å². The van der Waals surface area contributed by atoms with E-state index in [-0.39, 0.29) is 5.91 Å². The third-order valence-electron chi connectivity index (χ3n) is 3.93. The van der Waals surface area contributed by atoms with Crippen LogP contribution < -0.4 is 5.32 Å². The molecule has 0 unspecified atom stereocenters. The summed E-state index contributed by atoms with van der Waals surface area (Å²) in [6.45, 7) is 3.19. The van der Waals surface area contributed by atoms with Crippen molar-refractivity contribution < 1.29 is 9.53 Å². The van der Waals surface area contributed by atoms with Gasteiger partial charge in [-0.1, -0.05) is 28.1 Å². The first kappa shape index (κ1) is 15.6. The number of hydrogen-bond donors (Lipinski definition) is 1. The van der Waals surface area contributed by atoms with Crippen molar-refractivity contribution in [2.75, 3.05) is 13.2 Å². The molecule has 22 heavy (non-hydrogen) atoms. The molecule has 1 amide bonds. The van der Waals surface area contributed by atoms with Crippen LogP contribution in [0.5, 0.6) is 0 Å². The van der Waals surface area contributed by atoms with Gasteiger partial charge in [0.15, 0.2) is 0 Å². The molecule has 1 N–H and O–H groups in total. The number of aromatic nitrogens is 1. The van der Waals surface area contributed by atoms with Crippen molar-refractivity contribution in [3.8, 4) is 0 Å². The van der Waals surface area contributed by atoms with Crippen molar-refractivity contribution in [1.29, 1.82) is 0 Å². The Morgan fingerprint density at radius 3 is 2.82 bits per heavy atom. The molecule has 1 fully saturated rings. The van der Waals surface area contributed by atoms with Crippen LogP contribution in [0.25, 0.3) is 0 Å². The molecular formula is C16H17BrN2O2S. The minimum Gasteiger partial charge on any atom is -0.381 e. The Morgan fingerprint density at radius 2 is 2.18 bits per heavy atom. The van der Waals surface area contributed by atoms with E-state index in [2.05, 4.69) is 38.4 Å². The lowest BCUT2D eigenvalue weighted by molar-refractivity contribution is 0.0344. The number of thiazole rings is 1. The first-order chi connectivity index (χ1) is 10.6. The summed E-state index contributed by atoms with van der Waals surface area (Å²) in [5, 5.41) is 5.91. The number of amides is 1. The van der Waals surface area contributed by atoms with Gasteiger partial charge in [0.05, 0.1) is 10.5 Å². The first-order valence-electron chi connectivity index (χ1n) is 7.17. The summed E-state index contributed by atoms with van der Waals surface area (Å²) in [5.74, 6) is -0.119. The predicted octanol–water partition coefficient (Wildman–Crippen LogP) is 3.65. The molecule has 2 heterocycles. The van der Waals surface area contributed by atoms with Crippen LogP contribution in [-0.2, 0) is 10.3 Å². The largest absolute Gasteiger partial charge is 0.381 e. The molecule has 0 bridgehead atoms. The van der Waals surface area contributed by atoms with Crippen LogP contribution in [0.3, 0.4) is 0 Å². The Bertz CT molecular complexity index is 680. The standard InChI is InChI=1S/C16H17BrN2O2S/c1-11-18-14(10-22-11)15(20)19-16(5-7-21-8-6-16)12-3-2-4-13(17)9-12/h2-4,9-10H,5-8H2,1H3,(H,19,20). The van der Waals surface area contributed by atoms with Crippen LogP contribution in [0.1, 0.15) is 33.9 Å². The molecule has 116 valence electrons. The monoisotopic (exact) mass is 380 g/mol. The second kappa shape index (κ2) is 6.48. The Balaban J connectivity index is 1.91. The van der Waals surface area contributed by atoms with E-state index >= 15 is 0 Å². The topological polar surface area (TPSA) is 51.2 Å². The van der Waals surface area contributed by atoms with Gasteiger partial charge in [-0.15, -0.1) is 11.3 Å². The van der Waals surface area contributed by atoms with E-state index in [0.717, 1.165) is 27.9 Å². The van der Waals surface area contributed by atoms with E-state index in [1.807, 2.05) is 19.1 Å². The van der Waals surface area contributed by atoms with Gasteiger partial charge in [-0.05, 0) is 37.5 Å². The number of aryl methyl sites for hydroxylation is 1. The van der Waals surface area contributed by atoms with Crippen LogP contribution in [0.15, 0.2) is 34.1 Å². The van der Waals surface area contributed by atoms with Gasteiger partial charge in [0.1, 0.15) is 5.69 Å². The molecule has 3 rings (SSSR count). The molecule has 4 nitrogen and oxygen atoms in total. The van der Waals surface area contributed by atoms with E-state index < -0.39 is 5.54 Å². The number of nitrogens with zero attached hydrogens (tertiary/aromatic N) is 1. The highest BCUT2D eigenvalue weighted by atomic mass is 79.9. The molecule has 6 heteroatoms. The van der Waals surface area contributed by atoms with E-state index in [1.54, 1.807) is 5.38 Å². The van der Waals surface area contributed by atoms with Gasteiger partial charge in [-0.3, -0.25) is 4.79 Å². The normalized spacial score (nSPS) is 17.2. The summed E-state index contributed by atoms with van der Waals surface area (Å²) in [6, 6.07) is 8.11. The number of benzene rings is 1. The summed E-state index contributed by atoms with van der Waals surface area (Å²) in [6.07, 6.45) is 1.52. The number of rotatable bonds is 3. The van der Waals surface area contributed by atoms with E-state index in [4.69, 9.17) is 4.74 Å². The highest BCUT2D eigenvalue weighted by molar-refractivity contribution is 9.10. The zero-order valence-corrected chi connectivity index (χ0v) is 14.7. The lowest BCUT2D eigenvalue weighted by Gasteiger charge is -2.38. The molecule has 1 aliphatic rings. The average molecular weight is 381 g/mol. The summed E-state index contributed by atoms with van der Waals surface area (Å²) in [4.78, 5) is 16.9. The first-order valence-corrected chi connectivity index (χ1v) is 8.85. The Kier molecular flexibility index (Phi) is 4.61. The van der Waals surface area contributed by atoms with Crippen molar-refractivity contribution >= 4 is 33.2 Å². The fraction of sp³-hybridized carbons (Fsp3) is 0.375. The van der Waals surface area contributed by atoms with E-state index in [0.29, 0.717) is 18.9 Å². The van der Waals surface area contributed by atoms with Crippen LogP contribution >= 0.6 is 27.3 Å². The summed E-state index contributed by atoms with van der Waals surface area (Å²) < 4.78 is 6.50. The van der Waals surface area contributed by atoms with Crippen LogP contribution in [0.4, 0.5) is 0 Å². The van der Waals surface area contributed by atoms with Gasteiger partial charge < -0.3 is 10.1 Å². The summed E-state index contributed by atoms with van der Waals surface area (Å²) >= 11 is 5.00. The Hall–Kier alpha value is -1.24. The van der Waals surface area contributed by atoms with Crippen molar-refractivity contribution in [3.63, 3.8) is 0 Å². The molecule has 1 saturated heterocycles. The molecule has 0 atom stereocenters. The fourth-order valence-electron chi connectivity index (χ4n) is 2.74. The molecule has 2 aromatic rings. The molecule has 1 aromatic carbocycles. The number of halogens is 1. The van der Waals surface area contributed by atoms with Crippen LogP contribution in [0.2, 0.25) is 0 Å². The number of ether oxygens (including phenoxy) is 1. The lowest BCUT2D eigenvalue weighted by atomic mass is 9.82. The van der Waals surface area contributed by atoms with Crippen LogP contribution in [-0.4, -0.2) is 24.1 Å². The predicted molar refractivity (Wildman–Crippen MR) is 90.2 cm³/mol. The third-order valence-corrected chi connectivity index (χ3v) is 5.19. The minimum absolute atomic E-state index is 0.119. The van der Waals surface area contributed by atoms with Gasteiger partial charge in [-0.2, -0.15) is 0 Å². The maximum atomic E-state index is 12.6. The molecular weight excluding hydrogens is 364 g/mol. The van der Waals surface area contributed by atoms with Gasteiger partial charge in [-0.25, -0.2) is 4.98 Å². The van der Waals surface area contributed by atoms with Gasteiger partial charge in [0.25, 0.3) is 5.91 Å². The fourth-order valence-corrected chi connectivity index (χ4v) is 3.73. The second-order valence-corrected chi connectivity index (χ2v) is 7.39. The third kappa shape index (κ3) is 3.24. The van der Waals surface area contributed by atoms with E-state index in [1.165, 1.54) is 11.3 Å². The molecule has 0 radical (unpaired) electrons. The summed E-state index contributed by atoms with van der Waals surface area (Å²) in [5.41, 5.74) is 1.20. The minimum atomic E-state index is -0.392. The Morgan fingerprint density at radius 1 is 1.41 bits per heavy atom. The number of nitrogens with one attached hydrogen (secondary N) is 1. The SMILES string of the molecule is Cc1nc(C(=O)NC2(c3cccc(Br)c3)CCOCC2)cs1. The highest BCUT2D eigenvalue weighted by Crippen LogP contribution is 2.33. The molecule has 0 spiro atoms. The zero-order valence-electron chi connectivity index (χ0n) is 12.3. The highest BCUT2D eigenvalue weighted by Gasteiger charge is 2.36. The van der Waals surface area contributed by atoms with Gasteiger partial charge >= 0.3 is 0 Å². The maximum absolute atomic E-state index is 12.6. The number of hydrogen-bond acceptors (Lipinski definition) is 4. The number of carbonyl (C=O) groups is 1. The quantitative estimate of drug-likeness (QED) is 0.883. The molecule has 1 aromatic heterocycles. The van der Waals surface area contributed by atoms with Crippen molar-refractivity contribution in [2.45, 2.75) is 25.3 Å². The van der Waals surface area contributed by atoms with Crippen LogP contribution in [0, 0.1) is 6.92 Å². The maximum Gasteiger partial charge on any atom is 0.271 e. The molecule has 0 saturated carbocycles. The Labute approximate surface area is 142 Å². The van der Waals surface area contributed by atoms with Gasteiger partial charge in [0.2, 0.25) is 0 Å². The zero-order chi connectivity index (χ0) is 15.6. The second-order valence-electron chi connectivity index (χ2n) is 5.41. The van der Waals surface area contributed by atoms with E-state index in [9.17, 15) is 4.79 Å². The molecule has 1 aliphatic heterocycles. The van der Waals surface area contributed by atoms with Crippen molar-refractivity contribution in [2.24, 2.45) is 0 Å². The number of carbonyl (C=O) groups excluding carboxylic acids is 1. The average Bonchev–Trinajstić information content (AvgIpc) is 2.95. The smallest absolute Gasteiger partial charge is 0.271 e. The van der Waals surface area contributed by atoms with Crippen molar-refractivity contribution in [3.05, 3.63) is 50.4 Å². The summed E-state index contributed by atoms with van der Waals surface area (Å²) in [7, 11) is 0. The van der Waals surface area contributed by atoms with Gasteiger partial charge in [0, 0.05) is 23.1 Å². The molecule has 0 aliphatic carbocycles. The lowest BCUT2D eigenvalue weighted by Crippen LogP contribution is -2.49.